The van der Waals surface area contributed by atoms with Crippen molar-refractivity contribution in [1.29, 1.82) is 0 Å². The van der Waals surface area contributed by atoms with E-state index in [1.54, 1.807) is 19.1 Å². The molecule has 1 fully saturated rings. The monoisotopic (exact) mass is 343 g/mol. The Morgan fingerprint density at radius 3 is 2.44 bits per heavy atom. The quantitative estimate of drug-likeness (QED) is 0.681. The second-order valence-corrected chi connectivity index (χ2v) is 7.11. The van der Waals surface area contributed by atoms with E-state index in [9.17, 15) is 9.59 Å². The van der Waals surface area contributed by atoms with Crippen LogP contribution in [0.4, 0.5) is 0 Å². The lowest BCUT2D eigenvalue weighted by Gasteiger charge is -2.32. The molecule has 2 heterocycles. The number of para-hydroxylation sites is 1. The van der Waals surface area contributed by atoms with E-state index < -0.39 is 24.3 Å². The average Bonchev–Trinajstić information content (AvgIpc) is 2.75. The third-order valence-corrected chi connectivity index (χ3v) is 4.95. The maximum Gasteiger partial charge on any atom is 0.497 e. The zero-order valence-electron chi connectivity index (χ0n) is 15.1. The number of carbonyl (C=O) groups is 1. The lowest BCUT2D eigenvalue weighted by atomic mass is 9.77. The number of fused-ring (bicyclic) bond motifs is 1. The van der Waals surface area contributed by atoms with E-state index in [-0.39, 0.29) is 17.6 Å². The van der Waals surface area contributed by atoms with Gasteiger partial charge < -0.3 is 19.0 Å². The molecule has 2 aromatic rings. The van der Waals surface area contributed by atoms with Crippen LogP contribution in [0.2, 0.25) is 0 Å². The van der Waals surface area contributed by atoms with Gasteiger partial charge in [0.2, 0.25) is 5.43 Å². The minimum Gasteiger partial charge on any atom is -0.462 e. The molecule has 0 aliphatic carbocycles. The second-order valence-electron chi connectivity index (χ2n) is 7.11. The number of nitrogens with one attached hydrogen (secondary N) is 1. The Hall–Kier alpha value is -2.12. The molecule has 6 nitrogen and oxygen atoms in total. The van der Waals surface area contributed by atoms with Gasteiger partial charge >= 0.3 is 13.1 Å². The first-order chi connectivity index (χ1) is 11.7. The zero-order chi connectivity index (χ0) is 18.4. The highest BCUT2D eigenvalue weighted by Gasteiger charge is 2.52. The molecule has 1 aliphatic heterocycles. The first kappa shape index (κ1) is 17.7. The highest BCUT2D eigenvalue weighted by atomic mass is 16.7. The van der Waals surface area contributed by atoms with Crippen molar-refractivity contribution >= 4 is 29.5 Å². The summed E-state index contributed by atoms with van der Waals surface area (Å²) in [5.74, 6) is -0.633. The van der Waals surface area contributed by atoms with Gasteiger partial charge in [0.05, 0.1) is 17.8 Å². The summed E-state index contributed by atoms with van der Waals surface area (Å²) < 4.78 is 17.1. The second kappa shape index (κ2) is 6.00. The number of benzene rings is 1. The molecule has 132 valence electrons. The number of pyridine rings is 1. The number of ether oxygens (including phenoxy) is 1. The number of rotatable bonds is 3. The Balaban J connectivity index is 2.09. The summed E-state index contributed by atoms with van der Waals surface area (Å²) in [6.07, 6.45) is 1.39. The van der Waals surface area contributed by atoms with Crippen molar-refractivity contribution in [2.45, 2.75) is 45.8 Å². The number of aromatic nitrogens is 1. The van der Waals surface area contributed by atoms with Crippen molar-refractivity contribution in [2.75, 3.05) is 6.61 Å². The maximum atomic E-state index is 12.7. The van der Waals surface area contributed by atoms with E-state index in [0.29, 0.717) is 10.9 Å². The molecule has 0 atom stereocenters. The Morgan fingerprint density at radius 1 is 1.20 bits per heavy atom. The molecule has 25 heavy (non-hydrogen) atoms. The first-order valence-electron chi connectivity index (χ1n) is 8.35. The van der Waals surface area contributed by atoms with Crippen molar-refractivity contribution in [1.82, 2.24) is 4.98 Å². The molecule has 1 saturated heterocycles. The van der Waals surface area contributed by atoms with Crippen LogP contribution in [-0.4, -0.2) is 35.9 Å². The number of esters is 1. The Morgan fingerprint density at radius 2 is 1.84 bits per heavy atom. The van der Waals surface area contributed by atoms with E-state index in [1.807, 2.05) is 33.8 Å². The maximum absolute atomic E-state index is 12.7. The zero-order valence-corrected chi connectivity index (χ0v) is 15.1. The number of hydrogen-bond acceptors (Lipinski definition) is 5. The van der Waals surface area contributed by atoms with Crippen LogP contribution in [0, 0.1) is 0 Å². The Labute approximate surface area is 146 Å². The van der Waals surface area contributed by atoms with Crippen molar-refractivity contribution in [3.8, 4) is 0 Å². The van der Waals surface area contributed by atoms with E-state index >= 15 is 0 Å². The summed E-state index contributed by atoms with van der Waals surface area (Å²) in [6.45, 7) is 9.80. The Bertz CT molecular complexity index is 871. The van der Waals surface area contributed by atoms with Crippen LogP contribution in [0.1, 0.15) is 45.0 Å². The van der Waals surface area contributed by atoms with Gasteiger partial charge in [0.1, 0.15) is 5.56 Å². The summed E-state index contributed by atoms with van der Waals surface area (Å²) in [5, 5.41) is 0.401. The molecule has 3 rings (SSSR count). The third-order valence-electron chi connectivity index (χ3n) is 4.95. The largest absolute Gasteiger partial charge is 0.497 e. The number of H-pyrrole nitrogens is 1. The molecule has 0 saturated carbocycles. The highest BCUT2D eigenvalue weighted by Crippen LogP contribution is 2.36. The molecule has 0 spiro atoms. The number of aromatic amines is 1. The van der Waals surface area contributed by atoms with Gasteiger partial charge in [0, 0.05) is 22.6 Å². The normalized spacial score (nSPS) is 18.5. The van der Waals surface area contributed by atoms with Gasteiger partial charge in [0.25, 0.3) is 0 Å². The molecule has 7 heteroatoms. The fraction of sp³-hybridized carbons (Fsp3) is 0.444. The van der Waals surface area contributed by atoms with Crippen LogP contribution >= 0.6 is 0 Å². The molecule has 0 bridgehead atoms. The SMILES string of the molecule is CCOC(=O)c1c[nH]c2c(B3OC(C)(C)C(C)(C)O3)cccc2c1=O. The van der Waals surface area contributed by atoms with E-state index in [4.69, 9.17) is 14.0 Å². The van der Waals surface area contributed by atoms with Gasteiger partial charge in [-0.15, -0.1) is 0 Å². The molecular formula is C18H22BNO5. The number of hydrogen-bond donors (Lipinski definition) is 1. The minimum atomic E-state index is -0.633. The standard InChI is InChI=1S/C18H22BNO5/c1-6-23-16(22)12-10-20-14-11(15(12)21)8-7-9-13(14)19-24-17(2,3)18(4,5)25-19/h7-10H,6H2,1-5H3,(H,20,21). The van der Waals surface area contributed by atoms with Gasteiger partial charge in [-0.1, -0.05) is 12.1 Å². The minimum absolute atomic E-state index is 0.0135. The van der Waals surface area contributed by atoms with Crippen LogP contribution in [0.15, 0.2) is 29.2 Å². The third kappa shape index (κ3) is 2.87. The van der Waals surface area contributed by atoms with Gasteiger partial charge in [-0.25, -0.2) is 4.79 Å². The van der Waals surface area contributed by atoms with Gasteiger partial charge in [0.15, 0.2) is 0 Å². The van der Waals surface area contributed by atoms with Crippen molar-refractivity contribution < 1.29 is 18.8 Å². The lowest BCUT2D eigenvalue weighted by molar-refractivity contribution is 0.00578. The average molecular weight is 343 g/mol. The molecule has 1 aliphatic rings. The van der Waals surface area contributed by atoms with Crippen molar-refractivity contribution in [3.05, 3.63) is 40.2 Å². The predicted octanol–water partition coefficient (Wildman–Crippen LogP) is 2.00. The van der Waals surface area contributed by atoms with Crippen LogP contribution in [0.3, 0.4) is 0 Å². The van der Waals surface area contributed by atoms with Crippen LogP contribution in [-0.2, 0) is 14.0 Å². The van der Waals surface area contributed by atoms with Crippen molar-refractivity contribution in [2.24, 2.45) is 0 Å². The predicted molar refractivity (Wildman–Crippen MR) is 96.2 cm³/mol. The fourth-order valence-corrected chi connectivity index (χ4v) is 2.80. The molecule has 0 unspecified atom stereocenters. The molecule has 1 aromatic carbocycles. The molecular weight excluding hydrogens is 321 g/mol. The first-order valence-corrected chi connectivity index (χ1v) is 8.35. The summed E-state index contributed by atoms with van der Waals surface area (Å²) in [7, 11) is -0.599. The van der Waals surface area contributed by atoms with Crippen LogP contribution < -0.4 is 10.9 Å². The smallest absolute Gasteiger partial charge is 0.462 e. The molecule has 1 aromatic heterocycles. The molecule has 1 N–H and O–H groups in total. The molecule has 0 radical (unpaired) electrons. The van der Waals surface area contributed by atoms with Gasteiger partial charge in [-0.05, 0) is 40.7 Å². The number of carbonyl (C=O) groups excluding carboxylic acids is 1. The highest BCUT2D eigenvalue weighted by molar-refractivity contribution is 6.64. The summed E-state index contributed by atoms with van der Waals surface area (Å²) in [4.78, 5) is 27.6. The Kier molecular flexibility index (Phi) is 4.25. The van der Waals surface area contributed by atoms with E-state index in [2.05, 4.69) is 4.98 Å². The van der Waals surface area contributed by atoms with E-state index in [0.717, 1.165) is 5.46 Å². The van der Waals surface area contributed by atoms with Crippen LogP contribution in [0.25, 0.3) is 10.9 Å². The van der Waals surface area contributed by atoms with Crippen LogP contribution in [0.5, 0.6) is 0 Å². The fourth-order valence-electron chi connectivity index (χ4n) is 2.80. The topological polar surface area (TPSA) is 77.6 Å². The summed E-state index contributed by atoms with van der Waals surface area (Å²) in [5.41, 5.74) is -0.0237. The van der Waals surface area contributed by atoms with E-state index in [1.165, 1.54) is 6.20 Å². The summed E-state index contributed by atoms with van der Waals surface area (Å²) in [6, 6.07) is 5.28. The van der Waals surface area contributed by atoms with Crippen molar-refractivity contribution in [3.63, 3.8) is 0 Å². The van der Waals surface area contributed by atoms with Gasteiger partial charge in [-0.3, -0.25) is 4.79 Å². The molecule has 0 amide bonds. The summed E-state index contributed by atoms with van der Waals surface area (Å²) >= 11 is 0. The van der Waals surface area contributed by atoms with Gasteiger partial charge in [-0.2, -0.15) is 0 Å². The lowest BCUT2D eigenvalue weighted by Crippen LogP contribution is -2.41.